The highest BCUT2D eigenvalue weighted by Gasteiger charge is 2.16. The van der Waals surface area contributed by atoms with Gasteiger partial charge in [0.25, 0.3) is 0 Å². The van der Waals surface area contributed by atoms with Crippen molar-refractivity contribution in [3.63, 3.8) is 0 Å². The summed E-state index contributed by atoms with van der Waals surface area (Å²) in [5.41, 5.74) is 5.22. The molecule has 0 radical (unpaired) electrons. The van der Waals surface area contributed by atoms with Gasteiger partial charge in [0.15, 0.2) is 0 Å². The Balaban J connectivity index is 1.48. The molecule has 4 rings (SSSR count). The first kappa shape index (κ1) is 23.7. The number of aromatic hydroxyl groups is 2. The average Bonchev–Trinajstić information content (AvgIpc) is 2.83. The Morgan fingerprint density at radius 3 is 2.38 bits per heavy atom. The number of hydrogen-bond acceptors (Lipinski definition) is 6. The van der Waals surface area contributed by atoms with E-state index in [1.165, 1.54) is 0 Å². The topological polar surface area (TPSA) is 71.7 Å². The summed E-state index contributed by atoms with van der Waals surface area (Å²) in [6, 6.07) is 19.0. The van der Waals surface area contributed by atoms with E-state index >= 15 is 0 Å². The predicted molar refractivity (Wildman–Crippen MR) is 139 cm³/mol. The fourth-order valence-corrected chi connectivity index (χ4v) is 4.10. The van der Waals surface area contributed by atoms with Crippen LogP contribution in [0.15, 0.2) is 70.6 Å². The van der Waals surface area contributed by atoms with Crippen molar-refractivity contribution in [3.8, 4) is 11.5 Å². The molecule has 1 heterocycles. The van der Waals surface area contributed by atoms with E-state index in [2.05, 4.69) is 32.9 Å². The lowest BCUT2D eigenvalue weighted by atomic mass is 10.0. The van der Waals surface area contributed by atoms with Gasteiger partial charge in [-0.05, 0) is 49.4 Å². The minimum Gasteiger partial charge on any atom is -0.507 e. The molecule has 176 valence electrons. The van der Waals surface area contributed by atoms with Crippen molar-refractivity contribution < 1.29 is 10.2 Å². The molecule has 2 N–H and O–H groups in total. The second-order valence-electron chi connectivity index (χ2n) is 8.86. The molecule has 0 aliphatic carbocycles. The molecular formula is C28H32N4O2. The Kier molecular flexibility index (Phi) is 7.72. The molecule has 6 nitrogen and oxygen atoms in total. The van der Waals surface area contributed by atoms with Crippen LogP contribution in [-0.2, 0) is 13.1 Å². The number of aryl methyl sites for hydroxylation is 1. The summed E-state index contributed by atoms with van der Waals surface area (Å²) in [6.07, 6.45) is 3.41. The molecule has 0 saturated carbocycles. The van der Waals surface area contributed by atoms with Crippen LogP contribution in [0.1, 0.15) is 27.8 Å². The molecule has 1 fully saturated rings. The van der Waals surface area contributed by atoms with E-state index in [1.54, 1.807) is 24.6 Å². The fraction of sp³-hybridized carbons (Fsp3) is 0.286. The average molecular weight is 457 g/mol. The number of nitrogens with zero attached hydrogens (tertiary/aromatic N) is 4. The number of hydrogen-bond donors (Lipinski definition) is 2. The molecule has 3 aromatic rings. The summed E-state index contributed by atoms with van der Waals surface area (Å²) in [7, 11) is 2.14. The lowest BCUT2D eigenvalue weighted by molar-refractivity contribution is 0.147. The number of likely N-dealkylation sites (N-methyl/N-ethyl adjacent to an activating group) is 1. The summed E-state index contributed by atoms with van der Waals surface area (Å²) in [5, 5.41) is 20.9. The molecule has 0 unspecified atom stereocenters. The van der Waals surface area contributed by atoms with Crippen LogP contribution in [0.5, 0.6) is 11.5 Å². The number of benzene rings is 3. The zero-order valence-electron chi connectivity index (χ0n) is 19.9. The second-order valence-corrected chi connectivity index (χ2v) is 8.86. The minimum absolute atomic E-state index is 0.198. The Morgan fingerprint density at radius 2 is 1.59 bits per heavy atom. The van der Waals surface area contributed by atoms with Gasteiger partial charge < -0.3 is 15.1 Å². The van der Waals surface area contributed by atoms with Crippen molar-refractivity contribution in [2.24, 2.45) is 9.98 Å². The Bertz CT molecular complexity index is 1180. The van der Waals surface area contributed by atoms with Gasteiger partial charge in [-0.2, -0.15) is 0 Å². The number of phenolic OH excluding ortho intramolecular Hbond substituents is 2. The smallest absolute Gasteiger partial charge is 0.128 e. The highest BCUT2D eigenvalue weighted by Crippen LogP contribution is 2.26. The van der Waals surface area contributed by atoms with Gasteiger partial charge in [-0.25, -0.2) is 0 Å². The van der Waals surface area contributed by atoms with Gasteiger partial charge in [0.2, 0.25) is 0 Å². The van der Waals surface area contributed by atoms with E-state index < -0.39 is 0 Å². The van der Waals surface area contributed by atoms with E-state index in [1.807, 2.05) is 49.4 Å². The van der Waals surface area contributed by atoms with Crippen LogP contribution < -0.4 is 0 Å². The monoisotopic (exact) mass is 456 g/mol. The van der Waals surface area contributed by atoms with Gasteiger partial charge in [0.1, 0.15) is 11.5 Å². The molecular weight excluding hydrogens is 424 g/mol. The lowest BCUT2D eigenvalue weighted by Crippen LogP contribution is -2.43. The number of para-hydroxylation sites is 2. The quantitative estimate of drug-likeness (QED) is 0.513. The van der Waals surface area contributed by atoms with E-state index in [0.29, 0.717) is 17.9 Å². The maximum absolute atomic E-state index is 10.9. The zero-order chi connectivity index (χ0) is 23.9. The van der Waals surface area contributed by atoms with Gasteiger partial charge in [-0.1, -0.05) is 36.4 Å². The van der Waals surface area contributed by atoms with Crippen LogP contribution in [0.2, 0.25) is 0 Å². The molecule has 3 aromatic carbocycles. The molecule has 1 aliphatic rings. The van der Waals surface area contributed by atoms with E-state index in [4.69, 9.17) is 0 Å². The number of piperazine rings is 1. The molecule has 1 aliphatic heterocycles. The van der Waals surface area contributed by atoms with E-state index in [9.17, 15) is 10.2 Å². The maximum atomic E-state index is 10.9. The standard InChI is InChI=1S/C28H32N4O2/c1-21-15-24(28(34)25(16-21)20-32-13-11-31(2)12-14-32)18-29-17-22-7-3-5-9-26(22)30-19-23-8-4-6-10-27(23)33/h3-10,15-16,18-19,33-34H,11-14,17,20H2,1-2H3. The van der Waals surface area contributed by atoms with Gasteiger partial charge in [-0.15, -0.1) is 0 Å². The Morgan fingerprint density at radius 1 is 0.853 bits per heavy atom. The third-order valence-corrected chi connectivity index (χ3v) is 6.12. The van der Waals surface area contributed by atoms with E-state index in [0.717, 1.165) is 60.7 Å². The molecule has 0 atom stereocenters. The molecule has 1 saturated heterocycles. The number of phenols is 2. The summed E-state index contributed by atoms with van der Waals surface area (Å²) in [4.78, 5) is 13.9. The van der Waals surface area contributed by atoms with Crippen LogP contribution in [0.3, 0.4) is 0 Å². The zero-order valence-corrected chi connectivity index (χ0v) is 19.9. The van der Waals surface area contributed by atoms with Crippen molar-refractivity contribution in [2.75, 3.05) is 33.2 Å². The summed E-state index contributed by atoms with van der Waals surface area (Å²) in [6.45, 7) is 7.34. The summed E-state index contributed by atoms with van der Waals surface area (Å²) >= 11 is 0. The molecule has 0 spiro atoms. The van der Waals surface area contributed by atoms with Crippen molar-refractivity contribution in [1.29, 1.82) is 0 Å². The SMILES string of the molecule is Cc1cc(C=NCc2ccccc2N=Cc2ccccc2O)c(O)c(CN2CCN(C)CC2)c1. The number of rotatable bonds is 7. The van der Waals surface area contributed by atoms with Gasteiger partial charge >= 0.3 is 0 Å². The first-order chi connectivity index (χ1) is 16.5. The van der Waals surface area contributed by atoms with Crippen LogP contribution in [0, 0.1) is 6.92 Å². The minimum atomic E-state index is 0.198. The van der Waals surface area contributed by atoms with Crippen molar-refractivity contribution in [3.05, 3.63) is 88.5 Å². The fourth-order valence-electron chi connectivity index (χ4n) is 4.10. The van der Waals surface area contributed by atoms with Gasteiger partial charge in [0, 0.05) is 61.8 Å². The van der Waals surface area contributed by atoms with Crippen molar-refractivity contribution in [1.82, 2.24) is 9.80 Å². The lowest BCUT2D eigenvalue weighted by Gasteiger charge is -2.32. The number of aliphatic imine (C=N–C) groups is 2. The molecule has 34 heavy (non-hydrogen) atoms. The molecule has 0 aromatic heterocycles. The molecule has 0 bridgehead atoms. The molecule has 6 heteroatoms. The van der Waals surface area contributed by atoms with Crippen LogP contribution >= 0.6 is 0 Å². The van der Waals surface area contributed by atoms with Gasteiger partial charge in [0.05, 0.1) is 12.2 Å². The first-order valence-corrected chi connectivity index (χ1v) is 11.6. The van der Waals surface area contributed by atoms with Crippen LogP contribution in [0.25, 0.3) is 0 Å². The Hall–Kier alpha value is -3.48. The third kappa shape index (κ3) is 6.10. The van der Waals surface area contributed by atoms with Crippen LogP contribution in [-0.4, -0.2) is 65.7 Å². The summed E-state index contributed by atoms with van der Waals surface area (Å²) in [5.74, 6) is 0.503. The first-order valence-electron chi connectivity index (χ1n) is 11.6. The predicted octanol–water partition coefficient (Wildman–Crippen LogP) is 4.52. The van der Waals surface area contributed by atoms with Gasteiger partial charge in [-0.3, -0.25) is 14.9 Å². The normalized spacial score (nSPS) is 15.5. The van der Waals surface area contributed by atoms with Crippen LogP contribution in [0.4, 0.5) is 5.69 Å². The van der Waals surface area contributed by atoms with E-state index in [-0.39, 0.29) is 5.75 Å². The largest absolute Gasteiger partial charge is 0.507 e. The van der Waals surface area contributed by atoms with Crippen molar-refractivity contribution >= 4 is 18.1 Å². The Labute approximate surface area is 201 Å². The highest BCUT2D eigenvalue weighted by molar-refractivity contribution is 5.86. The maximum Gasteiger partial charge on any atom is 0.128 e. The third-order valence-electron chi connectivity index (χ3n) is 6.12. The highest BCUT2D eigenvalue weighted by atomic mass is 16.3. The second kappa shape index (κ2) is 11.1. The van der Waals surface area contributed by atoms with Crippen molar-refractivity contribution in [2.45, 2.75) is 20.0 Å². The summed E-state index contributed by atoms with van der Waals surface area (Å²) < 4.78 is 0. The molecule has 0 amide bonds.